The minimum atomic E-state index is -1.04. The zero-order valence-corrected chi connectivity index (χ0v) is 8.97. The van der Waals surface area contributed by atoms with E-state index in [9.17, 15) is 9.82 Å². The van der Waals surface area contributed by atoms with E-state index in [-0.39, 0.29) is 5.41 Å². The van der Waals surface area contributed by atoms with Crippen LogP contribution < -0.4 is 0 Å². The van der Waals surface area contributed by atoms with Crippen LogP contribution in [0.25, 0.3) is 0 Å². The van der Waals surface area contributed by atoms with Gasteiger partial charge in [-0.15, -0.1) is 0 Å². The topological polar surface area (TPSA) is 76.0 Å². The molecule has 0 amide bonds. The molecule has 2 rings (SSSR count). The first-order valence-electron chi connectivity index (χ1n) is 5.08. The average Bonchev–Trinajstić information content (AvgIpc) is 2.52. The molecule has 2 aliphatic rings. The molecule has 2 N–H and O–H groups in total. The number of ether oxygens (including phenoxy) is 1. The van der Waals surface area contributed by atoms with Crippen LogP contribution in [-0.4, -0.2) is 36.4 Å². The fraction of sp³-hybridized carbons (Fsp3) is 0.500. The molecule has 1 aliphatic heterocycles. The van der Waals surface area contributed by atoms with Crippen LogP contribution in [0, 0.1) is 5.41 Å². The Kier molecular flexibility index (Phi) is 2.77. The van der Waals surface area contributed by atoms with Crippen LogP contribution in [0.15, 0.2) is 23.4 Å². The third-order valence-electron chi connectivity index (χ3n) is 2.91. The van der Waals surface area contributed by atoms with Gasteiger partial charge in [0.05, 0.1) is 0 Å². The number of fused-ring (bicyclic) bond motifs is 1. The van der Waals surface area contributed by atoms with Gasteiger partial charge in [0, 0.05) is 17.5 Å². The summed E-state index contributed by atoms with van der Waals surface area (Å²) in [6.07, 6.45) is 4.36. The number of hydrogen-bond acceptors (Lipinski definition) is 4. The van der Waals surface area contributed by atoms with Gasteiger partial charge in [-0.05, 0) is 12.5 Å². The van der Waals surface area contributed by atoms with E-state index in [1.807, 2.05) is 13.0 Å². The molecule has 1 aliphatic carbocycles. The van der Waals surface area contributed by atoms with E-state index in [2.05, 4.69) is 0 Å². The van der Waals surface area contributed by atoms with E-state index in [0.29, 0.717) is 17.8 Å². The number of hydrogen-bond donors (Lipinski definition) is 2. The van der Waals surface area contributed by atoms with Gasteiger partial charge >= 0.3 is 13.1 Å². The molecule has 1 fully saturated rings. The lowest BCUT2D eigenvalue weighted by atomic mass is 9.63. The van der Waals surface area contributed by atoms with Crippen molar-refractivity contribution in [1.82, 2.24) is 0 Å². The van der Waals surface area contributed by atoms with Crippen molar-refractivity contribution in [2.75, 3.05) is 13.2 Å². The van der Waals surface area contributed by atoms with E-state index in [0.717, 1.165) is 6.42 Å². The van der Waals surface area contributed by atoms with E-state index in [1.165, 1.54) is 0 Å². The average molecular weight is 224 g/mol. The number of allylic oxidation sites excluding steroid dienone is 2. The molecule has 5 nitrogen and oxygen atoms in total. The summed E-state index contributed by atoms with van der Waals surface area (Å²) in [5, 5.41) is 18.2. The lowest BCUT2D eigenvalue weighted by Gasteiger charge is -2.27. The maximum absolute atomic E-state index is 10.4. The summed E-state index contributed by atoms with van der Waals surface area (Å²) in [5.74, 6) is -0.622. The van der Waals surface area contributed by atoms with Crippen LogP contribution in [0.1, 0.15) is 13.3 Å². The molecule has 86 valence electrons. The van der Waals surface area contributed by atoms with E-state index in [1.54, 1.807) is 6.08 Å². The quantitative estimate of drug-likeness (QED) is 0.676. The second-order valence-corrected chi connectivity index (χ2v) is 4.29. The molecule has 16 heavy (non-hydrogen) atoms. The minimum Gasteiger partial charge on any atom is -0.483 e. The van der Waals surface area contributed by atoms with Gasteiger partial charge in [-0.25, -0.2) is 4.79 Å². The second kappa shape index (κ2) is 3.95. The Morgan fingerprint density at radius 3 is 3.19 bits per heavy atom. The number of carboxylic acid groups (broad SMARTS) is 1. The Balaban J connectivity index is 2.25. The van der Waals surface area contributed by atoms with Crippen molar-refractivity contribution in [1.29, 1.82) is 0 Å². The van der Waals surface area contributed by atoms with Gasteiger partial charge in [0.1, 0.15) is 5.76 Å². The van der Waals surface area contributed by atoms with Crippen molar-refractivity contribution in [2.45, 2.75) is 13.3 Å². The summed E-state index contributed by atoms with van der Waals surface area (Å²) in [4.78, 5) is 10.4. The third-order valence-corrected chi connectivity index (χ3v) is 2.91. The molecule has 0 aromatic rings. The molecule has 6 heteroatoms. The predicted octanol–water partition coefficient (Wildman–Crippen LogP) is 0.358. The van der Waals surface area contributed by atoms with Gasteiger partial charge in [-0.3, -0.25) is 0 Å². The fourth-order valence-electron chi connectivity index (χ4n) is 2.09. The molecule has 0 spiro atoms. The monoisotopic (exact) mass is 224 g/mol. The number of aliphatic carboxylic acids is 1. The van der Waals surface area contributed by atoms with Crippen molar-refractivity contribution in [3.63, 3.8) is 0 Å². The summed E-state index contributed by atoms with van der Waals surface area (Å²) in [6.45, 7) is 1.98. The highest BCUT2D eigenvalue weighted by Gasteiger charge is 2.47. The van der Waals surface area contributed by atoms with Crippen molar-refractivity contribution in [3.8, 4) is 0 Å². The van der Waals surface area contributed by atoms with Gasteiger partial charge in [-0.1, -0.05) is 13.0 Å². The molecule has 1 atom stereocenters. The predicted molar refractivity (Wildman–Crippen MR) is 56.4 cm³/mol. The van der Waals surface area contributed by atoms with Crippen LogP contribution in [0.3, 0.4) is 0 Å². The maximum atomic E-state index is 10.4. The molecule has 1 unspecified atom stereocenters. The molecule has 0 saturated carbocycles. The molecule has 1 saturated heterocycles. The zero-order chi connectivity index (χ0) is 11.8. The Bertz CT molecular complexity index is 375. The molecular formula is C10H13BO5. The van der Waals surface area contributed by atoms with Gasteiger partial charge in [0.25, 0.3) is 0 Å². The van der Waals surface area contributed by atoms with Crippen LogP contribution in [0.5, 0.6) is 0 Å². The molecule has 0 bridgehead atoms. The summed E-state index contributed by atoms with van der Waals surface area (Å²) in [5.41, 5.74) is 0.374. The van der Waals surface area contributed by atoms with Gasteiger partial charge in [-0.2, -0.15) is 0 Å². The van der Waals surface area contributed by atoms with Crippen LogP contribution in [-0.2, 0) is 14.2 Å². The Hall–Kier alpha value is -1.27. The van der Waals surface area contributed by atoms with E-state index < -0.39 is 19.7 Å². The summed E-state index contributed by atoms with van der Waals surface area (Å²) >= 11 is 0. The van der Waals surface area contributed by atoms with Crippen LogP contribution in [0.4, 0.5) is 0 Å². The highest BCUT2D eigenvalue weighted by Crippen LogP contribution is 2.43. The molecule has 0 aromatic carbocycles. The highest BCUT2D eigenvalue weighted by atomic mass is 16.5. The molecular weight excluding hydrogens is 211 g/mol. The van der Waals surface area contributed by atoms with E-state index in [4.69, 9.17) is 14.5 Å². The SMILES string of the molecule is CC12CC=CC(OCC(=O)O)=C1B(O)OC2. The minimum absolute atomic E-state index is 0.276. The first-order chi connectivity index (χ1) is 7.53. The van der Waals surface area contributed by atoms with Crippen LogP contribution in [0.2, 0.25) is 0 Å². The Morgan fingerprint density at radius 1 is 1.75 bits per heavy atom. The lowest BCUT2D eigenvalue weighted by Crippen LogP contribution is -2.26. The Labute approximate surface area is 93.5 Å². The normalized spacial score (nSPS) is 28.2. The lowest BCUT2D eigenvalue weighted by molar-refractivity contribution is -0.140. The smallest absolute Gasteiger partial charge is 0.483 e. The Morgan fingerprint density at radius 2 is 2.50 bits per heavy atom. The van der Waals surface area contributed by atoms with Crippen molar-refractivity contribution >= 4 is 13.1 Å². The molecule has 0 aromatic heterocycles. The van der Waals surface area contributed by atoms with Gasteiger partial charge in [0.15, 0.2) is 6.61 Å². The number of carbonyl (C=O) groups is 1. The third kappa shape index (κ3) is 1.86. The summed E-state index contributed by atoms with van der Waals surface area (Å²) in [7, 11) is -0.987. The van der Waals surface area contributed by atoms with Gasteiger partial charge in [0.2, 0.25) is 0 Å². The maximum Gasteiger partial charge on any atom is 0.491 e. The number of rotatable bonds is 3. The first-order valence-corrected chi connectivity index (χ1v) is 5.08. The summed E-state index contributed by atoms with van der Waals surface area (Å²) < 4.78 is 10.3. The van der Waals surface area contributed by atoms with Gasteiger partial charge < -0.3 is 19.5 Å². The van der Waals surface area contributed by atoms with E-state index >= 15 is 0 Å². The molecule has 0 radical (unpaired) electrons. The fourth-order valence-corrected chi connectivity index (χ4v) is 2.09. The second-order valence-electron chi connectivity index (χ2n) is 4.29. The molecule has 1 heterocycles. The van der Waals surface area contributed by atoms with Crippen molar-refractivity contribution < 1.29 is 24.3 Å². The highest BCUT2D eigenvalue weighted by molar-refractivity contribution is 6.54. The number of carboxylic acids is 1. The standard InChI is InChI=1S/C10H13BO5/c1-10-4-2-3-7(15-5-8(12)13)9(10)11(14)16-6-10/h2-3,14H,4-6H2,1H3,(H,12,13). The van der Waals surface area contributed by atoms with Crippen LogP contribution >= 0.6 is 0 Å². The largest absolute Gasteiger partial charge is 0.491 e. The first kappa shape index (κ1) is 11.2. The zero-order valence-electron chi connectivity index (χ0n) is 8.97. The van der Waals surface area contributed by atoms with Crippen molar-refractivity contribution in [3.05, 3.63) is 23.4 Å². The summed E-state index contributed by atoms with van der Waals surface area (Å²) in [6, 6.07) is 0. The van der Waals surface area contributed by atoms with Crippen molar-refractivity contribution in [2.24, 2.45) is 5.41 Å².